The Balaban J connectivity index is 2.27. The Kier molecular flexibility index (Phi) is 4.67. The van der Waals surface area contributed by atoms with E-state index in [4.69, 9.17) is 4.74 Å². The van der Waals surface area contributed by atoms with Crippen LogP contribution in [0, 0.1) is 10.1 Å². The highest BCUT2D eigenvalue weighted by Gasteiger charge is 2.22. The molecule has 0 aliphatic carbocycles. The van der Waals surface area contributed by atoms with Crippen molar-refractivity contribution in [1.82, 2.24) is 10.3 Å². The Morgan fingerprint density at radius 2 is 2.18 bits per heavy atom. The molecule has 0 bridgehead atoms. The molecule has 1 aromatic heterocycles. The lowest BCUT2D eigenvalue weighted by atomic mass is 10.1. The number of methoxy groups -OCH3 is 1. The lowest BCUT2D eigenvalue weighted by molar-refractivity contribution is -0.385. The first-order valence-corrected chi connectivity index (χ1v) is 6.56. The number of carbonyl (C=O) groups excluding carboxylic acids is 1. The number of amides is 1. The third-order valence-corrected chi connectivity index (χ3v) is 3.18. The maximum absolute atomic E-state index is 12.3. The Morgan fingerprint density at radius 3 is 2.77 bits per heavy atom. The third-order valence-electron chi connectivity index (χ3n) is 3.18. The first-order valence-electron chi connectivity index (χ1n) is 6.56. The van der Waals surface area contributed by atoms with Gasteiger partial charge in [-0.1, -0.05) is 6.07 Å². The van der Waals surface area contributed by atoms with Crippen LogP contribution in [-0.4, -0.2) is 22.9 Å². The molecule has 7 nitrogen and oxygen atoms in total. The number of nitro groups is 1. The fourth-order valence-electron chi connectivity index (χ4n) is 1.97. The second-order valence-corrected chi connectivity index (χ2v) is 4.62. The van der Waals surface area contributed by atoms with Crippen molar-refractivity contribution in [2.24, 2.45) is 0 Å². The second kappa shape index (κ2) is 6.66. The molecular weight excluding hydrogens is 286 g/mol. The van der Waals surface area contributed by atoms with Crippen molar-refractivity contribution in [3.63, 3.8) is 0 Å². The normalized spacial score (nSPS) is 11.5. The number of nitro benzene ring substituents is 1. The number of ether oxygens (including phenoxy) is 1. The van der Waals surface area contributed by atoms with E-state index >= 15 is 0 Å². The predicted octanol–water partition coefficient (Wildman–Crippen LogP) is 2.49. The molecule has 1 unspecified atom stereocenters. The van der Waals surface area contributed by atoms with Crippen molar-refractivity contribution in [2.45, 2.75) is 13.0 Å². The SMILES string of the molecule is COc1ccc([N+](=O)[O-])c(C(=O)NC(C)c2cccnc2)c1. The zero-order valence-corrected chi connectivity index (χ0v) is 12.1. The highest BCUT2D eigenvalue weighted by atomic mass is 16.6. The van der Waals surface area contributed by atoms with Crippen LogP contribution in [0.1, 0.15) is 28.9 Å². The van der Waals surface area contributed by atoms with Gasteiger partial charge >= 0.3 is 0 Å². The summed E-state index contributed by atoms with van der Waals surface area (Å²) < 4.78 is 5.02. The van der Waals surface area contributed by atoms with Crippen LogP contribution < -0.4 is 10.1 Å². The summed E-state index contributed by atoms with van der Waals surface area (Å²) in [5.41, 5.74) is 0.498. The zero-order chi connectivity index (χ0) is 16.1. The molecule has 0 radical (unpaired) electrons. The van der Waals surface area contributed by atoms with Gasteiger partial charge in [-0.15, -0.1) is 0 Å². The minimum Gasteiger partial charge on any atom is -0.497 e. The predicted molar refractivity (Wildman–Crippen MR) is 79.8 cm³/mol. The molecule has 1 aromatic carbocycles. The first-order chi connectivity index (χ1) is 10.5. The number of carbonyl (C=O) groups is 1. The van der Waals surface area contributed by atoms with Crippen molar-refractivity contribution >= 4 is 11.6 Å². The molecule has 0 aliphatic rings. The monoisotopic (exact) mass is 301 g/mol. The lowest BCUT2D eigenvalue weighted by Gasteiger charge is -2.14. The molecule has 22 heavy (non-hydrogen) atoms. The second-order valence-electron chi connectivity index (χ2n) is 4.62. The van der Waals surface area contributed by atoms with Crippen LogP contribution in [0.2, 0.25) is 0 Å². The summed E-state index contributed by atoms with van der Waals surface area (Å²) in [4.78, 5) is 26.8. The van der Waals surface area contributed by atoms with E-state index in [0.29, 0.717) is 5.75 Å². The van der Waals surface area contributed by atoms with Gasteiger partial charge in [-0.2, -0.15) is 0 Å². The minimum absolute atomic E-state index is 0.0416. The van der Waals surface area contributed by atoms with Crippen LogP contribution in [0.25, 0.3) is 0 Å². The van der Waals surface area contributed by atoms with E-state index in [-0.39, 0.29) is 17.3 Å². The fraction of sp³-hybridized carbons (Fsp3) is 0.200. The molecule has 0 saturated carbocycles. The molecule has 0 aliphatic heterocycles. The van der Waals surface area contributed by atoms with Crippen molar-refractivity contribution in [1.29, 1.82) is 0 Å². The summed E-state index contributed by atoms with van der Waals surface area (Å²) in [7, 11) is 1.43. The summed E-state index contributed by atoms with van der Waals surface area (Å²) in [6, 6.07) is 7.29. The Morgan fingerprint density at radius 1 is 1.41 bits per heavy atom. The molecule has 1 N–H and O–H groups in total. The van der Waals surface area contributed by atoms with Gasteiger partial charge < -0.3 is 10.1 Å². The topological polar surface area (TPSA) is 94.4 Å². The highest BCUT2D eigenvalue weighted by molar-refractivity contribution is 5.98. The molecule has 1 amide bonds. The number of rotatable bonds is 5. The molecule has 1 heterocycles. The van der Waals surface area contributed by atoms with Crippen LogP contribution in [0.3, 0.4) is 0 Å². The maximum atomic E-state index is 12.3. The quantitative estimate of drug-likeness (QED) is 0.676. The molecule has 2 aromatic rings. The highest BCUT2D eigenvalue weighted by Crippen LogP contribution is 2.24. The van der Waals surface area contributed by atoms with Gasteiger partial charge in [-0.3, -0.25) is 19.9 Å². The molecule has 0 saturated heterocycles. The van der Waals surface area contributed by atoms with Crippen LogP contribution in [0.4, 0.5) is 5.69 Å². The van der Waals surface area contributed by atoms with Gasteiger partial charge in [-0.05, 0) is 30.7 Å². The van der Waals surface area contributed by atoms with Crippen LogP contribution >= 0.6 is 0 Å². The summed E-state index contributed by atoms with van der Waals surface area (Å²) in [5.74, 6) is -0.160. The van der Waals surface area contributed by atoms with E-state index in [1.807, 2.05) is 6.07 Å². The average molecular weight is 301 g/mol. The molecule has 1 atom stereocenters. The lowest BCUT2D eigenvalue weighted by Crippen LogP contribution is -2.27. The van der Waals surface area contributed by atoms with Crippen molar-refractivity contribution in [3.05, 3.63) is 64.0 Å². The smallest absolute Gasteiger partial charge is 0.282 e. The van der Waals surface area contributed by atoms with Crippen molar-refractivity contribution in [2.75, 3.05) is 7.11 Å². The van der Waals surface area contributed by atoms with Crippen LogP contribution in [0.5, 0.6) is 5.75 Å². The number of hydrogen-bond donors (Lipinski definition) is 1. The molecule has 0 fully saturated rings. The van der Waals surface area contributed by atoms with Crippen molar-refractivity contribution in [3.8, 4) is 5.75 Å². The number of hydrogen-bond acceptors (Lipinski definition) is 5. The van der Waals surface area contributed by atoms with E-state index in [1.165, 1.54) is 25.3 Å². The molecular formula is C15H15N3O4. The van der Waals surface area contributed by atoms with Gasteiger partial charge in [0, 0.05) is 18.5 Å². The average Bonchev–Trinajstić information content (AvgIpc) is 2.54. The van der Waals surface area contributed by atoms with Gasteiger partial charge in [0.1, 0.15) is 11.3 Å². The van der Waals surface area contributed by atoms with E-state index in [0.717, 1.165) is 5.56 Å². The minimum atomic E-state index is -0.594. The van der Waals surface area contributed by atoms with Gasteiger partial charge in [0.25, 0.3) is 11.6 Å². The van der Waals surface area contributed by atoms with Crippen LogP contribution in [0.15, 0.2) is 42.7 Å². The van der Waals surface area contributed by atoms with E-state index < -0.39 is 10.8 Å². The van der Waals surface area contributed by atoms with Gasteiger partial charge in [-0.25, -0.2) is 0 Å². The van der Waals surface area contributed by atoms with Gasteiger partial charge in [0.15, 0.2) is 0 Å². The number of pyridine rings is 1. The van der Waals surface area contributed by atoms with E-state index in [1.54, 1.807) is 25.4 Å². The largest absolute Gasteiger partial charge is 0.497 e. The fourth-order valence-corrected chi connectivity index (χ4v) is 1.97. The summed E-state index contributed by atoms with van der Waals surface area (Å²) in [6.45, 7) is 1.78. The Hall–Kier alpha value is -2.96. The number of nitrogens with one attached hydrogen (secondary N) is 1. The van der Waals surface area contributed by atoms with Gasteiger partial charge in [0.05, 0.1) is 18.1 Å². The Labute approximate surface area is 127 Å². The summed E-state index contributed by atoms with van der Waals surface area (Å²) >= 11 is 0. The van der Waals surface area contributed by atoms with Crippen molar-refractivity contribution < 1.29 is 14.5 Å². The third kappa shape index (κ3) is 3.38. The molecule has 114 valence electrons. The number of nitrogens with zero attached hydrogens (tertiary/aromatic N) is 2. The number of aromatic nitrogens is 1. The maximum Gasteiger partial charge on any atom is 0.282 e. The summed E-state index contributed by atoms with van der Waals surface area (Å²) in [6.07, 6.45) is 3.26. The summed E-state index contributed by atoms with van der Waals surface area (Å²) in [5, 5.41) is 13.8. The molecule has 0 spiro atoms. The zero-order valence-electron chi connectivity index (χ0n) is 12.1. The number of benzene rings is 1. The van der Waals surface area contributed by atoms with E-state index in [2.05, 4.69) is 10.3 Å². The van der Waals surface area contributed by atoms with E-state index in [9.17, 15) is 14.9 Å². The standard InChI is InChI=1S/C15H15N3O4/c1-10(11-4-3-7-16-9-11)17-15(19)13-8-12(22-2)5-6-14(13)18(20)21/h3-10H,1-2H3,(H,17,19). The molecule has 2 rings (SSSR count). The Bertz CT molecular complexity index is 688. The first kappa shape index (κ1) is 15.4. The van der Waals surface area contributed by atoms with Crippen LogP contribution in [-0.2, 0) is 0 Å². The molecule has 7 heteroatoms. The van der Waals surface area contributed by atoms with Gasteiger partial charge in [0.2, 0.25) is 0 Å².